The highest BCUT2D eigenvalue weighted by molar-refractivity contribution is 5.75. The maximum Gasteiger partial charge on any atom is -0.00137 e. The van der Waals surface area contributed by atoms with E-state index < -0.39 is 0 Å². The van der Waals surface area contributed by atoms with Crippen LogP contribution in [0.5, 0.6) is 0 Å². The van der Waals surface area contributed by atoms with E-state index in [1.807, 2.05) is 0 Å². The van der Waals surface area contributed by atoms with Crippen molar-refractivity contribution in [1.82, 2.24) is 0 Å². The lowest BCUT2D eigenvalue weighted by Gasteiger charge is -2.27. The molecule has 38 heavy (non-hydrogen) atoms. The highest BCUT2D eigenvalue weighted by atomic mass is 14.3. The number of rotatable bonds is 7. The number of fused-ring (bicyclic) bond motifs is 1. The Kier molecular flexibility index (Phi) is 7.60. The van der Waals surface area contributed by atoms with Gasteiger partial charge in [0.25, 0.3) is 0 Å². The third-order valence-electron chi connectivity index (χ3n) is 9.95. The standard InChI is InChI=1S/C38H46/c1-26-12-15-31(16-13-26)35-19-27(2)18-34(24-35)28(3)20-33-10-7-11-38(33)37-23-32-17-14-30(22-36(32)25-37)21-29-8-5-4-6-9-29/h10-11,14,17-19,22,24-26,29,31H,3-9,12-13,15-16,20-21,23H2,1-2H3. The lowest BCUT2D eigenvalue weighted by Crippen LogP contribution is -2.11. The summed E-state index contributed by atoms with van der Waals surface area (Å²) in [5.41, 5.74) is 14.5. The van der Waals surface area contributed by atoms with Gasteiger partial charge in [-0.2, -0.15) is 0 Å². The average molecular weight is 503 g/mol. The SMILES string of the molecule is C=C(CC1=CCC=C1C1=Cc2cc(CC3CCCCC3)ccc2C1)c1cc(C)cc(C2CCC(C)CC2)c1. The molecule has 0 heterocycles. The minimum Gasteiger partial charge on any atom is -0.0949 e. The van der Waals surface area contributed by atoms with E-state index in [1.54, 1.807) is 11.1 Å². The molecule has 0 heteroatoms. The van der Waals surface area contributed by atoms with E-state index in [1.165, 1.54) is 109 Å². The van der Waals surface area contributed by atoms with Gasteiger partial charge in [0, 0.05) is 0 Å². The molecule has 0 nitrogen and oxygen atoms in total. The van der Waals surface area contributed by atoms with Crippen LogP contribution in [0.3, 0.4) is 0 Å². The van der Waals surface area contributed by atoms with Crippen molar-refractivity contribution in [3.8, 4) is 0 Å². The molecule has 0 N–H and O–H groups in total. The second-order valence-electron chi connectivity index (χ2n) is 13.0. The van der Waals surface area contributed by atoms with E-state index in [2.05, 4.69) is 75.1 Å². The summed E-state index contributed by atoms with van der Waals surface area (Å²) in [5.74, 6) is 2.52. The first-order valence-electron chi connectivity index (χ1n) is 15.5. The van der Waals surface area contributed by atoms with Crippen molar-refractivity contribution in [2.24, 2.45) is 11.8 Å². The lowest BCUT2D eigenvalue weighted by atomic mass is 9.78. The molecule has 0 aliphatic heterocycles. The predicted octanol–water partition coefficient (Wildman–Crippen LogP) is 10.7. The Morgan fingerprint density at radius 3 is 2.53 bits per heavy atom. The van der Waals surface area contributed by atoms with Gasteiger partial charge in [-0.15, -0.1) is 0 Å². The average Bonchev–Trinajstić information content (AvgIpc) is 3.55. The summed E-state index contributed by atoms with van der Waals surface area (Å²) in [6.45, 7) is 9.28. The first kappa shape index (κ1) is 25.7. The number of aryl methyl sites for hydroxylation is 1. The van der Waals surface area contributed by atoms with Gasteiger partial charge in [0.2, 0.25) is 0 Å². The Balaban J connectivity index is 1.14. The molecule has 0 unspecified atom stereocenters. The summed E-state index contributed by atoms with van der Waals surface area (Å²) in [5, 5.41) is 0. The van der Waals surface area contributed by atoms with Crippen molar-refractivity contribution < 1.29 is 0 Å². The van der Waals surface area contributed by atoms with Gasteiger partial charge in [-0.05, 0) is 113 Å². The van der Waals surface area contributed by atoms with Crippen molar-refractivity contribution in [1.29, 1.82) is 0 Å². The van der Waals surface area contributed by atoms with Crippen LogP contribution < -0.4 is 0 Å². The second kappa shape index (κ2) is 11.3. The van der Waals surface area contributed by atoms with E-state index in [-0.39, 0.29) is 0 Å². The zero-order chi connectivity index (χ0) is 26.1. The fraction of sp³-hybridized carbons (Fsp3) is 0.474. The maximum absolute atomic E-state index is 4.61. The summed E-state index contributed by atoms with van der Waals surface area (Å²) < 4.78 is 0. The van der Waals surface area contributed by atoms with E-state index in [0.717, 1.165) is 37.0 Å². The van der Waals surface area contributed by atoms with E-state index in [9.17, 15) is 0 Å². The van der Waals surface area contributed by atoms with Gasteiger partial charge in [-0.25, -0.2) is 0 Å². The molecule has 0 radical (unpaired) electrons. The second-order valence-corrected chi connectivity index (χ2v) is 13.0. The molecule has 4 aliphatic rings. The van der Waals surface area contributed by atoms with E-state index in [0.29, 0.717) is 0 Å². The number of hydrogen-bond donors (Lipinski definition) is 0. The van der Waals surface area contributed by atoms with E-state index >= 15 is 0 Å². The predicted molar refractivity (Wildman–Crippen MR) is 164 cm³/mol. The first-order valence-corrected chi connectivity index (χ1v) is 15.5. The zero-order valence-corrected chi connectivity index (χ0v) is 23.8. The highest BCUT2D eigenvalue weighted by Crippen LogP contribution is 2.41. The smallest absolute Gasteiger partial charge is 0.00137 e. The van der Waals surface area contributed by atoms with Crippen LogP contribution in [-0.2, 0) is 12.8 Å². The molecule has 2 saturated carbocycles. The van der Waals surface area contributed by atoms with Crippen molar-refractivity contribution in [3.63, 3.8) is 0 Å². The largest absolute Gasteiger partial charge is 0.0949 e. The monoisotopic (exact) mass is 502 g/mol. The molecular weight excluding hydrogens is 456 g/mol. The summed E-state index contributed by atoms with van der Waals surface area (Å²) in [6.07, 6.45) is 24.3. The van der Waals surface area contributed by atoms with Crippen molar-refractivity contribution in [3.05, 3.63) is 105 Å². The Labute approximate surface area is 231 Å². The zero-order valence-electron chi connectivity index (χ0n) is 23.8. The van der Waals surface area contributed by atoms with Gasteiger partial charge in [0.1, 0.15) is 0 Å². The van der Waals surface area contributed by atoms with Crippen LogP contribution in [0.1, 0.15) is 117 Å². The normalized spacial score (nSPS) is 23.6. The molecule has 2 aromatic carbocycles. The Morgan fingerprint density at radius 2 is 1.71 bits per heavy atom. The van der Waals surface area contributed by atoms with Crippen LogP contribution in [-0.4, -0.2) is 0 Å². The summed E-state index contributed by atoms with van der Waals surface area (Å²) in [7, 11) is 0. The number of benzene rings is 2. The van der Waals surface area contributed by atoms with Gasteiger partial charge in [-0.3, -0.25) is 0 Å². The van der Waals surface area contributed by atoms with Crippen molar-refractivity contribution in [2.75, 3.05) is 0 Å². The van der Waals surface area contributed by atoms with E-state index in [4.69, 9.17) is 0 Å². The molecule has 4 aliphatic carbocycles. The van der Waals surface area contributed by atoms with Crippen LogP contribution >= 0.6 is 0 Å². The minimum atomic E-state index is 0.726. The van der Waals surface area contributed by atoms with Gasteiger partial charge < -0.3 is 0 Å². The van der Waals surface area contributed by atoms with Gasteiger partial charge in [0.15, 0.2) is 0 Å². The minimum absolute atomic E-state index is 0.726. The topological polar surface area (TPSA) is 0 Å². The van der Waals surface area contributed by atoms with Crippen LogP contribution in [0.2, 0.25) is 0 Å². The maximum atomic E-state index is 4.61. The molecule has 0 saturated heterocycles. The fourth-order valence-electron chi connectivity index (χ4n) is 7.65. The molecule has 6 rings (SSSR count). The van der Waals surface area contributed by atoms with Gasteiger partial charge in [-0.1, -0.05) is 119 Å². The lowest BCUT2D eigenvalue weighted by molar-refractivity contribution is 0.348. The van der Waals surface area contributed by atoms with Crippen LogP contribution in [0.4, 0.5) is 0 Å². The van der Waals surface area contributed by atoms with Crippen LogP contribution in [0.15, 0.2) is 71.8 Å². The Morgan fingerprint density at radius 1 is 0.895 bits per heavy atom. The Bertz CT molecular complexity index is 1280. The third kappa shape index (κ3) is 5.70. The first-order chi connectivity index (χ1) is 18.5. The van der Waals surface area contributed by atoms with Crippen molar-refractivity contribution in [2.45, 2.75) is 103 Å². The van der Waals surface area contributed by atoms with Crippen LogP contribution in [0.25, 0.3) is 11.6 Å². The summed E-state index contributed by atoms with van der Waals surface area (Å²) in [4.78, 5) is 0. The quantitative estimate of drug-likeness (QED) is 0.353. The van der Waals surface area contributed by atoms with Gasteiger partial charge >= 0.3 is 0 Å². The van der Waals surface area contributed by atoms with Crippen LogP contribution in [0, 0.1) is 18.8 Å². The molecule has 0 spiro atoms. The molecule has 0 bridgehead atoms. The molecule has 198 valence electrons. The van der Waals surface area contributed by atoms with Gasteiger partial charge in [0.05, 0.1) is 0 Å². The summed E-state index contributed by atoms with van der Waals surface area (Å²) >= 11 is 0. The molecular formula is C38H46. The number of allylic oxidation sites excluding steroid dienone is 6. The number of hydrogen-bond acceptors (Lipinski definition) is 0. The molecule has 2 fully saturated rings. The Hall–Kier alpha value is -2.60. The van der Waals surface area contributed by atoms with Crippen molar-refractivity contribution >= 4 is 11.6 Å². The molecule has 2 aromatic rings. The molecule has 0 aromatic heterocycles. The molecule has 0 amide bonds. The third-order valence-corrected chi connectivity index (χ3v) is 9.95. The summed E-state index contributed by atoms with van der Waals surface area (Å²) in [6, 6.07) is 14.6. The fourth-order valence-corrected chi connectivity index (χ4v) is 7.65. The highest BCUT2D eigenvalue weighted by Gasteiger charge is 2.23. The molecule has 0 atom stereocenters.